The maximum absolute atomic E-state index is 11.8. The highest BCUT2D eigenvalue weighted by Gasteiger charge is 2.31. The first kappa shape index (κ1) is 16.2. The molecule has 0 spiro atoms. The van der Waals surface area contributed by atoms with Crippen molar-refractivity contribution < 1.29 is 4.79 Å². The second-order valence-electron chi connectivity index (χ2n) is 4.56. The van der Waals surface area contributed by atoms with Gasteiger partial charge in [0.05, 0.1) is 0 Å². The molecule has 3 N–H and O–H groups in total. The Morgan fingerprint density at radius 2 is 2.21 bits per heavy atom. The molecule has 1 saturated carbocycles. The second-order valence-corrected chi connectivity index (χ2v) is 5.48. The fourth-order valence-corrected chi connectivity index (χ4v) is 2.28. The number of halogens is 2. The van der Waals surface area contributed by atoms with E-state index in [-0.39, 0.29) is 36.5 Å². The average molecular weight is 351 g/mol. The van der Waals surface area contributed by atoms with E-state index in [0.29, 0.717) is 12.5 Å². The van der Waals surface area contributed by atoms with Crippen molar-refractivity contribution in [1.29, 1.82) is 0 Å². The van der Waals surface area contributed by atoms with Crippen molar-refractivity contribution in [1.82, 2.24) is 9.88 Å². The molecule has 1 heterocycles. The molecule has 0 aliphatic heterocycles. The van der Waals surface area contributed by atoms with E-state index < -0.39 is 0 Å². The van der Waals surface area contributed by atoms with Gasteiger partial charge < -0.3 is 15.6 Å². The number of rotatable bonds is 5. The summed E-state index contributed by atoms with van der Waals surface area (Å²) in [7, 11) is 0. The Morgan fingerprint density at radius 3 is 2.79 bits per heavy atom. The largest absolute Gasteiger partial charge is 0.350 e. The van der Waals surface area contributed by atoms with Gasteiger partial charge in [-0.3, -0.25) is 9.59 Å². The van der Waals surface area contributed by atoms with Crippen LogP contribution >= 0.6 is 28.3 Å². The Bertz CT molecular complexity index is 502. The molecule has 1 aliphatic rings. The summed E-state index contributed by atoms with van der Waals surface area (Å²) < 4.78 is 2.15. The molecular weight excluding hydrogens is 334 g/mol. The minimum Gasteiger partial charge on any atom is -0.350 e. The zero-order valence-corrected chi connectivity index (χ0v) is 12.7. The van der Waals surface area contributed by atoms with Crippen LogP contribution in [0, 0.1) is 5.92 Å². The molecule has 7 heteroatoms. The Hall–Kier alpha value is -0.850. The first-order chi connectivity index (χ1) is 8.60. The van der Waals surface area contributed by atoms with E-state index in [9.17, 15) is 9.59 Å². The zero-order chi connectivity index (χ0) is 13.1. The molecule has 1 aliphatic carbocycles. The number of aromatic nitrogens is 1. The SMILES string of the molecule is Cl.NCC(NC(=O)Cn1cc(Br)ccc1=O)C1CC1. The number of nitrogens with two attached hydrogens (primary N) is 1. The van der Waals surface area contributed by atoms with Gasteiger partial charge in [0.1, 0.15) is 6.54 Å². The lowest BCUT2D eigenvalue weighted by molar-refractivity contribution is -0.122. The smallest absolute Gasteiger partial charge is 0.251 e. The molecule has 0 saturated heterocycles. The van der Waals surface area contributed by atoms with Crippen LogP contribution in [0.15, 0.2) is 27.6 Å². The fraction of sp³-hybridized carbons (Fsp3) is 0.500. The van der Waals surface area contributed by atoms with Gasteiger partial charge >= 0.3 is 0 Å². The quantitative estimate of drug-likeness (QED) is 0.828. The van der Waals surface area contributed by atoms with Gasteiger partial charge in [-0.1, -0.05) is 0 Å². The molecule has 0 radical (unpaired) electrons. The van der Waals surface area contributed by atoms with E-state index in [1.807, 2.05) is 0 Å². The van der Waals surface area contributed by atoms with Crippen LogP contribution in [0.3, 0.4) is 0 Å². The Morgan fingerprint density at radius 1 is 1.53 bits per heavy atom. The van der Waals surface area contributed by atoms with E-state index in [2.05, 4.69) is 21.2 Å². The van der Waals surface area contributed by atoms with Crippen molar-refractivity contribution in [3.05, 3.63) is 33.2 Å². The highest BCUT2D eigenvalue weighted by atomic mass is 79.9. The van der Waals surface area contributed by atoms with Crippen molar-refractivity contribution >= 4 is 34.2 Å². The summed E-state index contributed by atoms with van der Waals surface area (Å²) in [6, 6.07) is 3.13. The standard InChI is InChI=1S/C12H16BrN3O2.ClH/c13-9-3-4-12(18)16(6-9)7-11(17)15-10(5-14)8-1-2-8;/h3-4,6,8,10H,1-2,5,7,14H2,(H,15,17);1H. The summed E-state index contributed by atoms with van der Waals surface area (Å²) in [6.07, 6.45) is 3.86. The summed E-state index contributed by atoms with van der Waals surface area (Å²) in [5.74, 6) is 0.343. The van der Waals surface area contributed by atoms with Crippen LogP contribution in [0.25, 0.3) is 0 Å². The zero-order valence-electron chi connectivity index (χ0n) is 10.3. The van der Waals surface area contributed by atoms with Gasteiger partial charge in [-0.25, -0.2) is 0 Å². The maximum Gasteiger partial charge on any atom is 0.251 e. The first-order valence-corrected chi connectivity index (χ1v) is 6.75. The third kappa shape index (κ3) is 4.63. The van der Waals surface area contributed by atoms with Crippen LogP contribution < -0.4 is 16.6 Å². The molecule has 1 amide bonds. The third-order valence-corrected chi connectivity index (χ3v) is 3.52. The van der Waals surface area contributed by atoms with E-state index in [1.165, 1.54) is 10.6 Å². The molecule has 1 fully saturated rings. The van der Waals surface area contributed by atoms with Gasteiger partial charge in [0, 0.05) is 29.3 Å². The minimum atomic E-state index is -0.191. The van der Waals surface area contributed by atoms with Crippen molar-refractivity contribution in [2.75, 3.05) is 6.54 Å². The summed E-state index contributed by atoms with van der Waals surface area (Å²) in [5.41, 5.74) is 5.43. The highest BCUT2D eigenvalue weighted by Crippen LogP contribution is 2.32. The summed E-state index contributed by atoms with van der Waals surface area (Å²) in [6.45, 7) is 0.477. The third-order valence-electron chi connectivity index (χ3n) is 3.05. The number of carbonyl (C=O) groups is 1. The number of carbonyl (C=O) groups excluding carboxylic acids is 1. The second kappa shape index (κ2) is 7.07. The van der Waals surface area contributed by atoms with Gasteiger partial charge in [-0.05, 0) is 40.8 Å². The Labute approximate surface area is 126 Å². The predicted octanol–water partition coefficient (Wildman–Crippen LogP) is 0.886. The number of nitrogens with one attached hydrogen (secondary N) is 1. The Balaban J connectivity index is 0.00000180. The van der Waals surface area contributed by atoms with Crippen molar-refractivity contribution in [2.45, 2.75) is 25.4 Å². The first-order valence-electron chi connectivity index (χ1n) is 5.95. The summed E-state index contributed by atoms with van der Waals surface area (Å²) in [4.78, 5) is 23.4. The monoisotopic (exact) mass is 349 g/mol. The molecule has 2 rings (SSSR count). The summed E-state index contributed by atoms with van der Waals surface area (Å²) in [5, 5.41) is 2.88. The van der Waals surface area contributed by atoms with Crippen molar-refractivity contribution in [3.63, 3.8) is 0 Å². The number of pyridine rings is 1. The normalized spacial score (nSPS) is 15.5. The molecule has 19 heavy (non-hydrogen) atoms. The minimum absolute atomic E-state index is 0. The molecule has 1 aromatic heterocycles. The molecule has 1 unspecified atom stereocenters. The van der Waals surface area contributed by atoms with Crippen LogP contribution in [0.1, 0.15) is 12.8 Å². The molecule has 1 atom stereocenters. The van der Waals surface area contributed by atoms with Gasteiger partial charge in [-0.2, -0.15) is 0 Å². The number of nitrogens with zero attached hydrogens (tertiary/aromatic N) is 1. The van der Waals surface area contributed by atoms with Crippen molar-refractivity contribution in [2.24, 2.45) is 11.7 Å². The molecule has 0 bridgehead atoms. The lowest BCUT2D eigenvalue weighted by atomic mass is 10.2. The van der Waals surface area contributed by atoms with E-state index in [1.54, 1.807) is 12.3 Å². The van der Waals surface area contributed by atoms with Gasteiger partial charge in [0.15, 0.2) is 0 Å². The molecule has 1 aromatic rings. The van der Waals surface area contributed by atoms with Gasteiger partial charge in [-0.15, -0.1) is 12.4 Å². The predicted molar refractivity (Wildman–Crippen MR) is 79.4 cm³/mol. The maximum atomic E-state index is 11.8. The van der Waals surface area contributed by atoms with Gasteiger partial charge in [0.2, 0.25) is 5.91 Å². The van der Waals surface area contributed by atoms with Crippen LogP contribution in [-0.4, -0.2) is 23.1 Å². The number of hydrogen-bond acceptors (Lipinski definition) is 3. The van der Waals surface area contributed by atoms with E-state index in [0.717, 1.165) is 17.3 Å². The lowest BCUT2D eigenvalue weighted by Crippen LogP contribution is -2.44. The van der Waals surface area contributed by atoms with Crippen LogP contribution in [-0.2, 0) is 11.3 Å². The van der Waals surface area contributed by atoms with Crippen LogP contribution in [0.5, 0.6) is 0 Å². The fourth-order valence-electron chi connectivity index (χ4n) is 1.90. The Kier molecular flexibility index (Phi) is 6.03. The average Bonchev–Trinajstić information content (AvgIpc) is 3.15. The van der Waals surface area contributed by atoms with Gasteiger partial charge in [0.25, 0.3) is 5.56 Å². The lowest BCUT2D eigenvalue weighted by Gasteiger charge is -2.16. The topological polar surface area (TPSA) is 77.1 Å². The van der Waals surface area contributed by atoms with E-state index in [4.69, 9.17) is 5.73 Å². The molecule has 0 aromatic carbocycles. The summed E-state index contributed by atoms with van der Waals surface area (Å²) >= 11 is 3.27. The van der Waals surface area contributed by atoms with Crippen LogP contribution in [0.4, 0.5) is 0 Å². The molecule has 5 nitrogen and oxygen atoms in total. The van der Waals surface area contributed by atoms with E-state index >= 15 is 0 Å². The highest BCUT2D eigenvalue weighted by molar-refractivity contribution is 9.10. The van der Waals surface area contributed by atoms with Crippen LogP contribution in [0.2, 0.25) is 0 Å². The van der Waals surface area contributed by atoms with Crippen molar-refractivity contribution in [3.8, 4) is 0 Å². The molecular formula is C12H17BrClN3O2. The number of hydrogen-bond donors (Lipinski definition) is 2. The molecule has 106 valence electrons. The number of amides is 1.